The minimum absolute atomic E-state index is 0. The maximum absolute atomic E-state index is 2.00. The molecule has 0 aliphatic carbocycles. The van der Waals surface area contributed by atoms with Gasteiger partial charge in [-0.05, 0) is 0 Å². The zero-order chi connectivity index (χ0) is 7.07. The third kappa shape index (κ3) is 7.75. The normalized spacial score (nSPS) is 6.67. The molecule has 0 bridgehead atoms. The molecule has 0 spiro atoms. The molecule has 0 nitrogen and oxygen atoms in total. The molecule has 0 heterocycles. The van der Waals surface area contributed by atoms with Crippen molar-refractivity contribution in [1.29, 1.82) is 0 Å². The van der Waals surface area contributed by atoms with Crippen LogP contribution in [-0.2, 0) is 17.1 Å². The first kappa shape index (κ1) is 14.2. The second kappa shape index (κ2) is 10.6. The fourth-order valence-corrected chi connectivity index (χ4v) is 0.642. The van der Waals surface area contributed by atoms with Gasteiger partial charge in [-0.15, -0.1) is 0 Å². The Morgan fingerprint density at radius 1 is 0.583 bits per heavy atom. The van der Waals surface area contributed by atoms with Crippen LogP contribution >= 0.6 is 9.90 Å². The summed E-state index contributed by atoms with van der Waals surface area (Å²) in [6.07, 6.45) is 0. The first-order valence-corrected chi connectivity index (χ1v) is 3.33. The van der Waals surface area contributed by atoms with Gasteiger partial charge in [-0.2, -0.15) is 36.4 Å². The van der Waals surface area contributed by atoms with Crippen LogP contribution in [-0.4, -0.2) is 0 Å². The van der Waals surface area contributed by atoms with Crippen LogP contribution in [0.4, 0.5) is 0 Å². The van der Waals surface area contributed by atoms with E-state index in [1.54, 1.807) is 0 Å². The van der Waals surface area contributed by atoms with Crippen molar-refractivity contribution in [3.8, 4) is 0 Å². The molecule has 2 aromatic rings. The van der Waals surface area contributed by atoms with Crippen molar-refractivity contribution in [2.75, 3.05) is 0 Å². The summed E-state index contributed by atoms with van der Waals surface area (Å²) in [5.41, 5.74) is 0. The molecule has 0 fully saturated rings. The van der Waals surface area contributed by atoms with E-state index in [0.29, 0.717) is 0 Å². The molecule has 0 unspecified atom stereocenters. The zero-order valence-corrected chi connectivity index (χ0v) is 8.57. The van der Waals surface area contributed by atoms with Gasteiger partial charge in [-0.3, -0.25) is 0 Å². The molecule has 2 heteroatoms. The van der Waals surface area contributed by atoms with Crippen molar-refractivity contribution < 1.29 is 17.1 Å². The van der Waals surface area contributed by atoms with Crippen LogP contribution in [0.2, 0.25) is 0 Å². The molecule has 63 valence electrons. The fourth-order valence-electron chi connectivity index (χ4n) is 0.642. The molecule has 0 atom stereocenters. The molecule has 2 rings (SSSR count). The Morgan fingerprint density at radius 2 is 0.833 bits per heavy atom. The molecule has 0 aromatic heterocycles. The van der Waals surface area contributed by atoms with E-state index >= 15 is 0 Å². The molecule has 0 N–H and O–H groups in total. The van der Waals surface area contributed by atoms with Crippen LogP contribution in [0.3, 0.4) is 0 Å². The van der Waals surface area contributed by atoms with Gasteiger partial charge < -0.3 is 0 Å². The second-order valence-electron chi connectivity index (χ2n) is 1.92. The summed E-state index contributed by atoms with van der Waals surface area (Å²) in [7, 11) is 0. The minimum atomic E-state index is 0. The van der Waals surface area contributed by atoms with Crippen LogP contribution in [0.1, 0.15) is 0 Å². The first-order valence-electron chi connectivity index (χ1n) is 3.33. The average molecular weight is 217 g/mol. The molecule has 0 amide bonds. The largest absolute Gasteiger partial charge is 2.00 e. The predicted molar refractivity (Wildman–Crippen MR) is 51.0 cm³/mol. The fraction of sp³-hybridized carbons (Fsp3) is 0. The SMILES string of the molecule is [Fe+2].[P].c1cc[cH-]c1.c1cc[cH-]c1. The van der Waals surface area contributed by atoms with Crippen LogP contribution in [0.5, 0.6) is 0 Å². The predicted octanol–water partition coefficient (Wildman–Crippen LogP) is 3.67. The summed E-state index contributed by atoms with van der Waals surface area (Å²) in [6.45, 7) is 0. The van der Waals surface area contributed by atoms with Gasteiger partial charge in [-0.1, -0.05) is 0 Å². The average Bonchev–Trinajstić information content (AvgIpc) is 2.67. The van der Waals surface area contributed by atoms with Gasteiger partial charge in [0.25, 0.3) is 0 Å². The Kier molecular flexibility index (Phi) is 12.6. The Hall–Kier alpha value is -0.351. The Bertz CT molecular complexity index is 149. The molecule has 0 saturated heterocycles. The first-order chi connectivity index (χ1) is 5.00. The quantitative estimate of drug-likeness (QED) is 0.358. The van der Waals surface area contributed by atoms with E-state index in [0.717, 1.165) is 0 Å². The molecular weight excluding hydrogens is 207 g/mol. The third-order valence-corrected chi connectivity index (χ3v) is 1.11. The molecule has 3 radical (unpaired) electrons. The van der Waals surface area contributed by atoms with Gasteiger partial charge in [0.15, 0.2) is 0 Å². The smallest absolute Gasteiger partial charge is 0.214 e. The van der Waals surface area contributed by atoms with E-state index in [1.165, 1.54) is 0 Å². The van der Waals surface area contributed by atoms with Crippen LogP contribution in [0.15, 0.2) is 60.7 Å². The number of hydrogen-bond donors (Lipinski definition) is 0. The van der Waals surface area contributed by atoms with E-state index in [2.05, 4.69) is 0 Å². The van der Waals surface area contributed by atoms with Gasteiger partial charge in [-0.25, -0.2) is 24.3 Å². The zero-order valence-electron chi connectivity index (χ0n) is 6.57. The van der Waals surface area contributed by atoms with Crippen molar-refractivity contribution >= 4 is 9.90 Å². The summed E-state index contributed by atoms with van der Waals surface area (Å²) in [5, 5.41) is 0. The van der Waals surface area contributed by atoms with Crippen molar-refractivity contribution in [1.82, 2.24) is 0 Å². The molecule has 0 saturated carbocycles. The molecular formula is C10H10FeP. The van der Waals surface area contributed by atoms with Gasteiger partial charge in [0.1, 0.15) is 0 Å². The monoisotopic (exact) mass is 217 g/mol. The van der Waals surface area contributed by atoms with E-state index in [1.807, 2.05) is 60.7 Å². The number of rotatable bonds is 0. The van der Waals surface area contributed by atoms with E-state index in [-0.39, 0.29) is 27.0 Å². The molecule has 0 aliphatic heterocycles. The summed E-state index contributed by atoms with van der Waals surface area (Å²) in [4.78, 5) is 0. The summed E-state index contributed by atoms with van der Waals surface area (Å²) < 4.78 is 0. The van der Waals surface area contributed by atoms with Crippen LogP contribution in [0, 0.1) is 0 Å². The Labute approximate surface area is 87.8 Å². The van der Waals surface area contributed by atoms with E-state index < -0.39 is 0 Å². The summed E-state index contributed by atoms with van der Waals surface area (Å²) >= 11 is 0. The van der Waals surface area contributed by atoms with Crippen LogP contribution in [0.25, 0.3) is 0 Å². The summed E-state index contributed by atoms with van der Waals surface area (Å²) in [6, 6.07) is 20.0. The molecule has 12 heavy (non-hydrogen) atoms. The summed E-state index contributed by atoms with van der Waals surface area (Å²) in [5.74, 6) is 0. The van der Waals surface area contributed by atoms with Gasteiger partial charge in [0.2, 0.25) is 0 Å². The Morgan fingerprint density at radius 3 is 0.917 bits per heavy atom. The van der Waals surface area contributed by atoms with E-state index in [4.69, 9.17) is 0 Å². The second-order valence-corrected chi connectivity index (χ2v) is 1.92. The third-order valence-electron chi connectivity index (χ3n) is 1.11. The number of hydrogen-bond acceptors (Lipinski definition) is 0. The van der Waals surface area contributed by atoms with Gasteiger partial charge in [0, 0.05) is 9.90 Å². The van der Waals surface area contributed by atoms with Crippen molar-refractivity contribution in [3.63, 3.8) is 0 Å². The topological polar surface area (TPSA) is 0 Å². The standard InChI is InChI=1S/2C5H5.Fe.P/c2*1-2-4-5-3-1;;/h2*1-5H;;/q2*-1;+2;. The molecule has 0 aliphatic rings. The van der Waals surface area contributed by atoms with E-state index in [9.17, 15) is 0 Å². The van der Waals surface area contributed by atoms with Crippen molar-refractivity contribution in [2.45, 2.75) is 0 Å². The van der Waals surface area contributed by atoms with Gasteiger partial charge in [0.05, 0.1) is 0 Å². The maximum Gasteiger partial charge on any atom is 2.00 e. The van der Waals surface area contributed by atoms with Crippen molar-refractivity contribution in [2.24, 2.45) is 0 Å². The van der Waals surface area contributed by atoms with Crippen LogP contribution < -0.4 is 0 Å². The molecule has 2 aromatic carbocycles. The maximum atomic E-state index is 2.00. The van der Waals surface area contributed by atoms with Crippen molar-refractivity contribution in [3.05, 3.63) is 60.7 Å². The minimum Gasteiger partial charge on any atom is -0.214 e. The van der Waals surface area contributed by atoms with Gasteiger partial charge >= 0.3 is 17.1 Å². The Balaban J connectivity index is 0.